The normalized spacial score (nSPS) is 15.7. The molecule has 29 heavy (non-hydrogen) atoms. The van der Waals surface area contributed by atoms with E-state index >= 15 is 0 Å². The first kappa shape index (κ1) is 20.7. The zero-order valence-corrected chi connectivity index (χ0v) is 17.2. The number of benzene rings is 2. The molecule has 154 valence electrons. The Bertz CT molecular complexity index is 1020. The maximum atomic E-state index is 12.9. The first-order chi connectivity index (χ1) is 13.9. The van der Waals surface area contributed by atoms with Crippen molar-refractivity contribution in [3.05, 3.63) is 54.6 Å². The Morgan fingerprint density at radius 2 is 1.79 bits per heavy atom. The van der Waals surface area contributed by atoms with E-state index in [1.807, 2.05) is 6.08 Å². The van der Waals surface area contributed by atoms with Crippen LogP contribution in [-0.2, 0) is 14.8 Å². The molecule has 2 aromatic carbocycles. The van der Waals surface area contributed by atoms with Crippen molar-refractivity contribution in [1.29, 1.82) is 0 Å². The number of rotatable bonds is 8. The minimum absolute atomic E-state index is 0.000248. The number of anilines is 2. The maximum absolute atomic E-state index is 12.9. The standard InChI is InChI=1S/C21H24N2O5S/c1-27-19-10-6-5-9-17(19)23-29(25,26)16-11-12-20(28-2)18(14-16)22-21(24)13-15-7-3-4-8-15/h3,5-7,9-12,14-15,23H,4,8,13H2,1-2H3,(H,22,24)/t15-/m1/s1. The van der Waals surface area contributed by atoms with Crippen LogP contribution in [0.2, 0.25) is 0 Å². The van der Waals surface area contributed by atoms with E-state index in [1.54, 1.807) is 24.3 Å². The SMILES string of the molecule is COc1ccc(S(=O)(=O)Nc2ccccc2OC)cc1NC(=O)C[C@@H]1C=CCC1. The van der Waals surface area contributed by atoms with Crippen molar-refractivity contribution < 1.29 is 22.7 Å². The summed E-state index contributed by atoms with van der Waals surface area (Å²) in [6.45, 7) is 0. The van der Waals surface area contributed by atoms with Gasteiger partial charge in [-0.15, -0.1) is 0 Å². The zero-order valence-electron chi connectivity index (χ0n) is 16.3. The second-order valence-electron chi connectivity index (χ2n) is 6.69. The van der Waals surface area contributed by atoms with Crippen LogP contribution >= 0.6 is 0 Å². The number of hydrogen-bond acceptors (Lipinski definition) is 5. The molecular weight excluding hydrogens is 392 g/mol. The monoisotopic (exact) mass is 416 g/mol. The lowest BCUT2D eigenvalue weighted by Crippen LogP contribution is -2.17. The molecule has 0 heterocycles. The Kier molecular flexibility index (Phi) is 6.43. The third-order valence-corrected chi connectivity index (χ3v) is 6.03. The molecule has 0 aliphatic heterocycles. The molecule has 0 saturated heterocycles. The summed E-state index contributed by atoms with van der Waals surface area (Å²) < 4.78 is 38.7. The van der Waals surface area contributed by atoms with Crippen molar-refractivity contribution in [2.75, 3.05) is 24.3 Å². The van der Waals surface area contributed by atoms with Gasteiger partial charge in [-0.05, 0) is 49.1 Å². The number of amides is 1. The summed E-state index contributed by atoms with van der Waals surface area (Å²) in [6.07, 6.45) is 6.37. The molecule has 0 fully saturated rings. The molecule has 7 nitrogen and oxygen atoms in total. The highest BCUT2D eigenvalue weighted by molar-refractivity contribution is 7.92. The van der Waals surface area contributed by atoms with Crippen LogP contribution in [-0.4, -0.2) is 28.5 Å². The molecule has 3 rings (SSSR count). The van der Waals surface area contributed by atoms with Gasteiger partial charge in [-0.2, -0.15) is 0 Å². The van der Waals surface area contributed by atoms with E-state index in [-0.39, 0.29) is 16.7 Å². The number of allylic oxidation sites excluding steroid dienone is 2. The smallest absolute Gasteiger partial charge is 0.262 e. The van der Waals surface area contributed by atoms with Crippen LogP contribution in [0.3, 0.4) is 0 Å². The summed E-state index contributed by atoms with van der Waals surface area (Å²) in [7, 11) is -0.969. The molecule has 1 aliphatic rings. The van der Waals surface area contributed by atoms with E-state index < -0.39 is 10.0 Å². The minimum Gasteiger partial charge on any atom is -0.495 e. The number of carbonyl (C=O) groups excluding carboxylic acids is 1. The van der Waals surface area contributed by atoms with E-state index in [4.69, 9.17) is 9.47 Å². The molecule has 1 amide bonds. The van der Waals surface area contributed by atoms with Crippen LogP contribution in [0.1, 0.15) is 19.3 Å². The van der Waals surface area contributed by atoms with Crippen molar-refractivity contribution in [1.82, 2.24) is 0 Å². The number of methoxy groups -OCH3 is 2. The highest BCUT2D eigenvalue weighted by atomic mass is 32.2. The van der Waals surface area contributed by atoms with Crippen LogP contribution in [0, 0.1) is 5.92 Å². The van der Waals surface area contributed by atoms with Crippen LogP contribution in [0.5, 0.6) is 11.5 Å². The first-order valence-corrected chi connectivity index (χ1v) is 10.7. The molecule has 0 radical (unpaired) electrons. The Hall–Kier alpha value is -3.00. The topological polar surface area (TPSA) is 93.7 Å². The predicted molar refractivity (Wildman–Crippen MR) is 112 cm³/mol. The number of ether oxygens (including phenoxy) is 2. The van der Waals surface area contributed by atoms with Gasteiger partial charge < -0.3 is 14.8 Å². The van der Waals surface area contributed by atoms with E-state index in [1.165, 1.54) is 32.4 Å². The maximum Gasteiger partial charge on any atom is 0.262 e. The van der Waals surface area contributed by atoms with Gasteiger partial charge in [0.1, 0.15) is 11.5 Å². The summed E-state index contributed by atoms with van der Waals surface area (Å²) in [5.41, 5.74) is 0.631. The molecule has 1 atom stereocenters. The fourth-order valence-corrected chi connectivity index (χ4v) is 4.29. The van der Waals surface area contributed by atoms with Gasteiger partial charge in [0.15, 0.2) is 0 Å². The average molecular weight is 416 g/mol. The number of carbonyl (C=O) groups is 1. The summed E-state index contributed by atoms with van der Waals surface area (Å²) in [5, 5.41) is 2.77. The van der Waals surface area contributed by atoms with Crippen LogP contribution in [0.25, 0.3) is 0 Å². The van der Waals surface area contributed by atoms with Crippen LogP contribution in [0.15, 0.2) is 59.5 Å². The van der Waals surface area contributed by atoms with E-state index in [0.717, 1.165) is 12.8 Å². The van der Waals surface area contributed by atoms with Crippen molar-refractivity contribution in [3.8, 4) is 11.5 Å². The number of nitrogens with one attached hydrogen (secondary N) is 2. The highest BCUT2D eigenvalue weighted by Crippen LogP contribution is 2.31. The molecule has 2 aromatic rings. The Balaban J connectivity index is 1.82. The fourth-order valence-electron chi connectivity index (χ4n) is 3.19. The molecule has 1 aliphatic carbocycles. The Morgan fingerprint density at radius 1 is 1.07 bits per heavy atom. The minimum atomic E-state index is -3.90. The van der Waals surface area contributed by atoms with Gasteiger partial charge in [0, 0.05) is 6.42 Å². The van der Waals surface area contributed by atoms with E-state index in [0.29, 0.717) is 29.3 Å². The van der Waals surface area contributed by atoms with Gasteiger partial charge in [0.25, 0.3) is 10.0 Å². The molecule has 0 spiro atoms. The first-order valence-electron chi connectivity index (χ1n) is 9.23. The number of para-hydroxylation sites is 2. The number of sulfonamides is 1. The van der Waals surface area contributed by atoms with Gasteiger partial charge in [-0.3, -0.25) is 9.52 Å². The van der Waals surface area contributed by atoms with E-state index in [9.17, 15) is 13.2 Å². The summed E-state index contributed by atoms with van der Waals surface area (Å²) in [6, 6.07) is 11.0. The summed E-state index contributed by atoms with van der Waals surface area (Å²) in [4.78, 5) is 12.4. The molecule has 0 aromatic heterocycles. The van der Waals surface area contributed by atoms with E-state index in [2.05, 4.69) is 16.1 Å². The zero-order chi connectivity index (χ0) is 20.9. The van der Waals surface area contributed by atoms with Crippen LogP contribution in [0.4, 0.5) is 11.4 Å². The lowest BCUT2D eigenvalue weighted by atomic mass is 10.1. The van der Waals surface area contributed by atoms with Gasteiger partial charge in [-0.25, -0.2) is 8.42 Å². The van der Waals surface area contributed by atoms with Crippen molar-refractivity contribution >= 4 is 27.3 Å². The third-order valence-electron chi connectivity index (χ3n) is 4.67. The fraction of sp³-hybridized carbons (Fsp3) is 0.286. The predicted octanol–water partition coefficient (Wildman–Crippen LogP) is 3.80. The summed E-state index contributed by atoms with van der Waals surface area (Å²) in [5.74, 6) is 0.812. The molecule has 0 saturated carbocycles. The Labute approximate surface area is 170 Å². The molecule has 0 bridgehead atoms. The van der Waals surface area contributed by atoms with Crippen molar-refractivity contribution in [2.24, 2.45) is 5.92 Å². The second-order valence-corrected chi connectivity index (χ2v) is 8.37. The van der Waals surface area contributed by atoms with Crippen LogP contribution < -0.4 is 19.5 Å². The van der Waals surface area contributed by atoms with Gasteiger partial charge in [0.2, 0.25) is 5.91 Å². The van der Waals surface area contributed by atoms with Crippen molar-refractivity contribution in [2.45, 2.75) is 24.2 Å². The molecular formula is C21H24N2O5S. The lowest BCUT2D eigenvalue weighted by molar-refractivity contribution is -0.116. The van der Waals surface area contributed by atoms with Gasteiger partial charge >= 0.3 is 0 Å². The van der Waals surface area contributed by atoms with Gasteiger partial charge in [0.05, 0.1) is 30.5 Å². The number of hydrogen-bond donors (Lipinski definition) is 2. The molecule has 0 unspecified atom stereocenters. The lowest BCUT2D eigenvalue weighted by Gasteiger charge is -2.15. The highest BCUT2D eigenvalue weighted by Gasteiger charge is 2.20. The average Bonchev–Trinajstić information content (AvgIpc) is 3.21. The molecule has 2 N–H and O–H groups in total. The Morgan fingerprint density at radius 3 is 2.48 bits per heavy atom. The van der Waals surface area contributed by atoms with Gasteiger partial charge in [-0.1, -0.05) is 24.3 Å². The quantitative estimate of drug-likeness (QED) is 0.639. The summed E-state index contributed by atoms with van der Waals surface area (Å²) >= 11 is 0. The largest absolute Gasteiger partial charge is 0.495 e. The third kappa shape index (κ3) is 5.08. The van der Waals surface area contributed by atoms with Crippen molar-refractivity contribution in [3.63, 3.8) is 0 Å². The second kappa shape index (κ2) is 9.00. The molecule has 8 heteroatoms.